The number of benzene rings is 4. The molecule has 0 fully saturated rings. The highest BCUT2D eigenvalue weighted by atomic mass is 16.3. The van der Waals surface area contributed by atoms with Gasteiger partial charge in [-0.05, 0) is 57.8 Å². The highest BCUT2D eigenvalue weighted by Gasteiger charge is 2.13. The van der Waals surface area contributed by atoms with Gasteiger partial charge in [-0.3, -0.25) is 0 Å². The van der Waals surface area contributed by atoms with Crippen molar-refractivity contribution in [3.8, 4) is 39.5 Å². The lowest BCUT2D eigenvalue weighted by molar-refractivity contribution is 0.405. The van der Waals surface area contributed by atoms with E-state index >= 15 is 0 Å². The van der Waals surface area contributed by atoms with Crippen molar-refractivity contribution in [2.45, 2.75) is 0 Å². The van der Waals surface area contributed by atoms with Gasteiger partial charge in [-0.25, -0.2) is 0 Å². The Hall–Kier alpha value is -3.46. The molecular weight excluding hydrogens is 312 g/mol. The maximum atomic E-state index is 10.3. The topological polar surface area (TPSA) is 60.7 Å². The molecule has 0 aliphatic heterocycles. The summed E-state index contributed by atoms with van der Waals surface area (Å²) < 4.78 is 0. The first-order valence-corrected chi connectivity index (χ1v) is 7.96. The Morgan fingerprint density at radius 3 is 2.04 bits per heavy atom. The fourth-order valence-electron chi connectivity index (χ4n) is 3.04. The summed E-state index contributed by atoms with van der Waals surface area (Å²) in [7, 11) is 0. The largest absolute Gasteiger partial charge is 0.508 e. The van der Waals surface area contributed by atoms with Gasteiger partial charge in [-0.15, -0.1) is 0 Å². The van der Waals surface area contributed by atoms with Crippen LogP contribution in [0.4, 0.5) is 0 Å². The van der Waals surface area contributed by atoms with Gasteiger partial charge < -0.3 is 15.3 Å². The first-order chi connectivity index (χ1) is 12.1. The van der Waals surface area contributed by atoms with Gasteiger partial charge in [0.2, 0.25) is 0 Å². The Kier molecular flexibility index (Phi) is 3.55. The van der Waals surface area contributed by atoms with Crippen LogP contribution in [0.15, 0.2) is 78.9 Å². The summed E-state index contributed by atoms with van der Waals surface area (Å²) in [4.78, 5) is 0. The van der Waals surface area contributed by atoms with E-state index in [9.17, 15) is 15.3 Å². The Bertz CT molecular complexity index is 1070. The molecule has 0 aliphatic rings. The second-order valence-corrected chi connectivity index (χ2v) is 6.00. The van der Waals surface area contributed by atoms with E-state index in [0.717, 1.165) is 27.5 Å². The molecule has 0 saturated carbocycles. The van der Waals surface area contributed by atoms with Gasteiger partial charge in [0.05, 0.1) is 0 Å². The van der Waals surface area contributed by atoms with Crippen molar-refractivity contribution < 1.29 is 15.3 Å². The fourth-order valence-corrected chi connectivity index (χ4v) is 3.04. The third kappa shape index (κ3) is 2.76. The lowest BCUT2D eigenvalue weighted by Crippen LogP contribution is -1.85. The first-order valence-electron chi connectivity index (χ1n) is 7.96. The first kappa shape index (κ1) is 15.1. The molecule has 4 aromatic carbocycles. The summed E-state index contributed by atoms with van der Waals surface area (Å²) in [6, 6.07) is 24.0. The molecule has 4 aromatic rings. The van der Waals surface area contributed by atoms with Crippen LogP contribution in [0.5, 0.6) is 17.2 Å². The molecule has 0 saturated heterocycles. The van der Waals surface area contributed by atoms with Crippen LogP contribution in [0, 0.1) is 0 Å². The predicted octanol–water partition coefficient (Wildman–Crippen LogP) is 5.29. The Balaban J connectivity index is 1.90. The monoisotopic (exact) mass is 328 g/mol. The molecule has 0 radical (unpaired) electrons. The molecule has 25 heavy (non-hydrogen) atoms. The molecule has 0 bridgehead atoms. The Labute approximate surface area is 145 Å². The molecule has 122 valence electrons. The van der Waals surface area contributed by atoms with E-state index in [4.69, 9.17) is 0 Å². The minimum absolute atomic E-state index is 0.141. The fraction of sp³-hybridized carbons (Fsp3) is 0. The summed E-state index contributed by atoms with van der Waals surface area (Å²) in [5.74, 6) is -0.0771. The number of phenols is 3. The molecule has 3 nitrogen and oxygen atoms in total. The number of aromatic hydroxyl groups is 3. The van der Waals surface area contributed by atoms with Crippen molar-refractivity contribution in [1.82, 2.24) is 0 Å². The molecule has 0 aromatic heterocycles. The smallest absolute Gasteiger partial charge is 0.165 e. The van der Waals surface area contributed by atoms with Gasteiger partial charge in [0.25, 0.3) is 0 Å². The Morgan fingerprint density at radius 1 is 0.520 bits per heavy atom. The van der Waals surface area contributed by atoms with Crippen LogP contribution in [0.1, 0.15) is 0 Å². The Morgan fingerprint density at radius 2 is 1.24 bits per heavy atom. The zero-order valence-electron chi connectivity index (χ0n) is 13.3. The standard InChI is InChI=1S/C22H16O3/c23-19-9-8-15-10-17(7-6-16(15)11-19)20-12-18(13-21(24)22(20)25)14-4-2-1-3-5-14/h1-13,23-25H. The minimum Gasteiger partial charge on any atom is -0.508 e. The average molecular weight is 328 g/mol. The van der Waals surface area contributed by atoms with Gasteiger partial charge in [-0.2, -0.15) is 0 Å². The van der Waals surface area contributed by atoms with E-state index in [2.05, 4.69) is 0 Å². The summed E-state index contributed by atoms with van der Waals surface area (Å²) in [5, 5.41) is 32.0. The van der Waals surface area contributed by atoms with Gasteiger partial charge in [0.1, 0.15) is 5.75 Å². The summed E-state index contributed by atoms with van der Waals surface area (Å²) in [5.41, 5.74) is 3.15. The van der Waals surface area contributed by atoms with Crippen molar-refractivity contribution in [2.75, 3.05) is 0 Å². The van der Waals surface area contributed by atoms with E-state index in [1.807, 2.05) is 60.7 Å². The lowest BCUT2D eigenvalue weighted by atomic mass is 9.96. The van der Waals surface area contributed by atoms with Gasteiger partial charge in [0.15, 0.2) is 11.5 Å². The molecule has 0 amide bonds. The molecule has 3 N–H and O–H groups in total. The molecule has 0 heterocycles. The average Bonchev–Trinajstić information content (AvgIpc) is 2.64. The molecule has 0 unspecified atom stereocenters. The molecule has 0 spiro atoms. The SMILES string of the molecule is Oc1ccc2cc(-c3cc(-c4ccccc4)cc(O)c3O)ccc2c1. The number of phenolic OH excluding ortho intramolecular Hbond substituents is 3. The molecule has 0 atom stereocenters. The summed E-state index contributed by atoms with van der Waals surface area (Å²) >= 11 is 0. The quantitative estimate of drug-likeness (QED) is 0.438. The second kappa shape index (κ2) is 5.87. The highest BCUT2D eigenvalue weighted by molar-refractivity contribution is 5.90. The number of hydrogen-bond donors (Lipinski definition) is 3. The van der Waals surface area contributed by atoms with Crippen molar-refractivity contribution in [2.24, 2.45) is 0 Å². The van der Waals surface area contributed by atoms with Crippen LogP contribution >= 0.6 is 0 Å². The zero-order valence-corrected chi connectivity index (χ0v) is 13.3. The van der Waals surface area contributed by atoms with Crippen LogP contribution in [0.3, 0.4) is 0 Å². The maximum absolute atomic E-state index is 10.3. The number of rotatable bonds is 2. The van der Waals surface area contributed by atoms with Crippen LogP contribution in [0.2, 0.25) is 0 Å². The predicted molar refractivity (Wildman–Crippen MR) is 99.8 cm³/mol. The lowest BCUT2D eigenvalue weighted by Gasteiger charge is -2.11. The maximum Gasteiger partial charge on any atom is 0.165 e. The molecule has 4 rings (SSSR count). The number of hydrogen-bond acceptors (Lipinski definition) is 3. The van der Waals surface area contributed by atoms with Gasteiger partial charge >= 0.3 is 0 Å². The molecular formula is C22H16O3. The van der Waals surface area contributed by atoms with E-state index in [1.54, 1.807) is 18.2 Å². The van der Waals surface area contributed by atoms with Crippen molar-refractivity contribution in [3.05, 3.63) is 78.9 Å². The van der Waals surface area contributed by atoms with Crippen LogP contribution in [-0.4, -0.2) is 15.3 Å². The highest BCUT2D eigenvalue weighted by Crippen LogP contribution is 2.41. The van der Waals surface area contributed by atoms with Crippen LogP contribution in [-0.2, 0) is 0 Å². The van der Waals surface area contributed by atoms with E-state index in [-0.39, 0.29) is 17.2 Å². The third-order valence-corrected chi connectivity index (χ3v) is 4.33. The van der Waals surface area contributed by atoms with E-state index < -0.39 is 0 Å². The van der Waals surface area contributed by atoms with Crippen molar-refractivity contribution in [1.29, 1.82) is 0 Å². The summed E-state index contributed by atoms with van der Waals surface area (Å²) in [6.45, 7) is 0. The van der Waals surface area contributed by atoms with E-state index in [0.29, 0.717) is 5.56 Å². The van der Waals surface area contributed by atoms with Crippen molar-refractivity contribution >= 4 is 10.8 Å². The molecule has 3 heteroatoms. The van der Waals surface area contributed by atoms with Crippen molar-refractivity contribution in [3.63, 3.8) is 0 Å². The summed E-state index contributed by atoms with van der Waals surface area (Å²) in [6.07, 6.45) is 0. The normalized spacial score (nSPS) is 10.9. The molecule has 0 aliphatic carbocycles. The third-order valence-electron chi connectivity index (χ3n) is 4.33. The van der Waals surface area contributed by atoms with Crippen LogP contribution < -0.4 is 0 Å². The van der Waals surface area contributed by atoms with Gasteiger partial charge in [-0.1, -0.05) is 48.5 Å². The van der Waals surface area contributed by atoms with Gasteiger partial charge in [0, 0.05) is 5.56 Å². The zero-order chi connectivity index (χ0) is 17.4. The van der Waals surface area contributed by atoms with Crippen LogP contribution in [0.25, 0.3) is 33.0 Å². The second-order valence-electron chi connectivity index (χ2n) is 6.00. The van der Waals surface area contributed by atoms with E-state index in [1.165, 1.54) is 0 Å². The minimum atomic E-state index is -0.151. The number of fused-ring (bicyclic) bond motifs is 1.